The lowest BCUT2D eigenvalue weighted by atomic mass is 10.1. The Morgan fingerprint density at radius 3 is 2.64 bits per heavy atom. The molecule has 1 atom stereocenters. The Labute approximate surface area is 229 Å². The highest BCUT2D eigenvalue weighted by atomic mass is 32.2. The summed E-state index contributed by atoms with van der Waals surface area (Å²) in [5, 5.41) is 3.26. The van der Waals surface area contributed by atoms with Gasteiger partial charge in [-0.25, -0.2) is 17.8 Å². The van der Waals surface area contributed by atoms with Crippen LogP contribution >= 0.6 is 11.3 Å². The molecule has 2 heterocycles. The van der Waals surface area contributed by atoms with Gasteiger partial charge < -0.3 is 19.9 Å². The number of thiazole rings is 1. The Hall–Kier alpha value is -3.16. The van der Waals surface area contributed by atoms with Gasteiger partial charge in [-0.3, -0.25) is 14.4 Å². The molecule has 0 saturated heterocycles. The van der Waals surface area contributed by atoms with Crippen LogP contribution in [0.25, 0.3) is 21.3 Å². The van der Waals surface area contributed by atoms with Gasteiger partial charge in [0.15, 0.2) is 20.9 Å². The quantitative estimate of drug-likeness (QED) is 0.337. The van der Waals surface area contributed by atoms with Crippen molar-refractivity contribution in [3.05, 3.63) is 51.6 Å². The Balaban J connectivity index is 1.69. The maximum atomic E-state index is 15.2. The van der Waals surface area contributed by atoms with Gasteiger partial charge in [-0.1, -0.05) is 13.8 Å². The molecule has 13 heteroatoms. The van der Waals surface area contributed by atoms with Crippen molar-refractivity contribution >= 4 is 43.2 Å². The number of carbonyl (C=O) groups is 2. The maximum Gasteiger partial charge on any atom is 0.250 e. The van der Waals surface area contributed by atoms with Crippen LogP contribution in [0.15, 0.2) is 35.3 Å². The van der Waals surface area contributed by atoms with Gasteiger partial charge in [-0.2, -0.15) is 0 Å². The molecule has 1 aromatic carbocycles. The summed E-state index contributed by atoms with van der Waals surface area (Å²) in [4.78, 5) is 41.6. The van der Waals surface area contributed by atoms with E-state index in [1.165, 1.54) is 19.2 Å². The lowest BCUT2D eigenvalue weighted by Gasteiger charge is -2.15. The molecule has 39 heavy (non-hydrogen) atoms. The molecule has 4 rings (SSSR count). The predicted octanol–water partition coefficient (Wildman–Crippen LogP) is 2.42. The van der Waals surface area contributed by atoms with E-state index in [9.17, 15) is 22.8 Å². The first-order valence-electron chi connectivity index (χ1n) is 12.6. The van der Waals surface area contributed by atoms with Gasteiger partial charge in [-0.05, 0) is 48.1 Å². The summed E-state index contributed by atoms with van der Waals surface area (Å²) < 4.78 is 48.4. The highest BCUT2D eigenvalue weighted by Crippen LogP contribution is 2.35. The Morgan fingerprint density at radius 2 is 1.97 bits per heavy atom. The summed E-state index contributed by atoms with van der Waals surface area (Å²) in [6.07, 6.45) is 3.39. The number of sulfone groups is 1. The molecule has 0 aliphatic heterocycles. The first kappa shape index (κ1) is 28.8. The lowest BCUT2D eigenvalue weighted by Crippen LogP contribution is -2.42. The summed E-state index contributed by atoms with van der Waals surface area (Å²) in [6.45, 7) is 3.93. The predicted molar refractivity (Wildman–Crippen MR) is 147 cm³/mol. The molecular formula is C26H31FN4O6S2. The molecule has 2 amide bonds. The molecule has 1 saturated carbocycles. The van der Waals surface area contributed by atoms with E-state index in [0.29, 0.717) is 22.4 Å². The van der Waals surface area contributed by atoms with Crippen molar-refractivity contribution in [1.29, 1.82) is 0 Å². The minimum absolute atomic E-state index is 0.0690. The van der Waals surface area contributed by atoms with Crippen molar-refractivity contribution in [3.8, 4) is 11.1 Å². The Kier molecular flexibility index (Phi) is 8.82. The molecule has 1 unspecified atom stereocenters. The number of ether oxygens (including phenoxy) is 1. The van der Waals surface area contributed by atoms with Crippen LogP contribution in [0, 0.1) is 11.7 Å². The van der Waals surface area contributed by atoms with Gasteiger partial charge in [0.1, 0.15) is 10.5 Å². The summed E-state index contributed by atoms with van der Waals surface area (Å²) in [6, 6.07) is 6.02. The van der Waals surface area contributed by atoms with Crippen molar-refractivity contribution in [2.75, 3.05) is 26.0 Å². The largest absolute Gasteiger partial charge is 0.384 e. The van der Waals surface area contributed by atoms with E-state index in [-0.39, 0.29) is 41.2 Å². The standard InChI is InChI=1S/C26H31FN4O6S2/c1-15(2)13-31-14-16(4-7-22(31)33)17-10-19(27)23-20(11-17)38-26(30-23)24(39(35,36)9-8-37-3)25(34)28-12-21(32)29-18-5-6-18/h4,7,10-11,14-15,18,24H,5-6,8-9,12-13H2,1-3H3,(H,28,34)(H,29,32). The maximum absolute atomic E-state index is 15.2. The second-order valence-corrected chi connectivity index (χ2v) is 13.2. The zero-order chi connectivity index (χ0) is 28.3. The zero-order valence-corrected chi connectivity index (χ0v) is 23.5. The molecule has 0 bridgehead atoms. The van der Waals surface area contributed by atoms with Crippen LogP contribution < -0.4 is 16.2 Å². The number of fused-ring (bicyclic) bond motifs is 1. The third kappa shape index (κ3) is 7.08. The van der Waals surface area contributed by atoms with Crippen molar-refractivity contribution in [3.63, 3.8) is 0 Å². The minimum atomic E-state index is -4.12. The average Bonchev–Trinajstić information content (AvgIpc) is 3.58. The molecule has 1 aliphatic rings. The number of pyridine rings is 1. The number of nitrogens with zero attached hydrogens (tertiary/aromatic N) is 2. The second-order valence-electron chi connectivity index (χ2n) is 9.96. The second kappa shape index (κ2) is 11.9. The van der Waals surface area contributed by atoms with Gasteiger partial charge in [0, 0.05) is 32.0 Å². The topological polar surface area (TPSA) is 136 Å². The SMILES string of the molecule is COCCS(=O)(=O)C(C(=O)NCC(=O)NC1CC1)c1nc2c(F)cc(-c3ccc(=O)n(CC(C)C)c3)cc2s1. The van der Waals surface area contributed by atoms with Crippen molar-refractivity contribution in [2.45, 2.75) is 44.5 Å². The number of halogens is 1. The molecule has 210 valence electrons. The monoisotopic (exact) mass is 578 g/mol. The van der Waals surface area contributed by atoms with Crippen LogP contribution in [-0.4, -0.2) is 61.8 Å². The van der Waals surface area contributed by atoms with E-state index in [2.05, 4.69) is 15.6 Å². The smallest absolute Gasteiger partial charge is 0.250 e. The third-order valence-corrected chi connectivity index (χ3v) is 9.21. The number of hydrogen-bond acceptors (Lipinski definition) is 8. The van der Waals surface area contributed by atoms with E-state index >= 15 is 4.39 Å². The van der Waals surface area contributed by atoms with E-state index in [4.69, 9.17) is 4.74 Å². The Bertz CT molecular complexity index is 1550. The molecule has 0 spiro atoms. The summed E-state index contributed by atoms with van der Waals surface area (Å²) in [5.41, 5.74) is 0.845. The first-order valence-corrected chi connectivity index (χ1v) is 15.1. The fourth-order valence-electron chi connectivity index (χ4n) is 4.04. The van der Waals surface area contributed by atoms with Gasteiger partial charge in [0.25, 0.3) is 5.56 Å². The van der Waals surface area contributed by atoms with Gasteiger partial charge in [0.2, 0.25) is 11.8 Å². The Morgan fingerprint density at radius 1 is 1.23 bits per heavy atom. The average molecular weight is 579 g/mol. The van der Waals surface area contributed by atoms with E-state index in [0.717, 1.165) is 24.2 Å². The van der Waals surface area contributed by atoms with Crippen LogP contribution in [0.3, 0.4) is 0 Å². The fraction of sp³-hybridized carbons (Fsp3) is 0.462. The normalized spacial score (nSPS) is 14.5. The molecule has 1 fully saturated rings. The minimum Gasteiger partial charge on any atom is -0.384 e. The van der Waals surface area contributed by atoms with Crippen LogP contribution in [0.5, 0.6) is 0 Å². The van der Waals surface area contributed by atoms with Crippen molar-refractivity contribution in [1.82, 2.24) is 20.2 Å². The van der Waals surface area contributed by atoms with Crippen LogP contribution in [0.4, 0.5) is 4.39 Å². The molecule has 2 aromatic heterocycles. The van der Waals surface area contributed by atoms with Gasteiger partial charge in [0.05, 0.1) is 23.6 Å². The number of carbonyl (C=O) groups excluding carboxylic acids is 2. The fourth-order valence-corrected chi connectivity index (χ4v) is 7.03. The number of benzene rings is 1. The first-order chi connectivity index (χ1) is 18.5. The van der Waals surface area contributed by atoms with Crippen molar-refractivity contribution < 1.29 is 27.1 Å². The number of methoxy groups -OCH3 is 1. The third-order valence-electron chi connectivity index (χ3n) is 6.10. The number of amides is 2. The van der Waals surface area contributed by atoms with Gasteiger partial charge >= 0.3 is 0 Å². The number of nitrogens with one attached hydrogen (secondary N) is 2. The van der Waals surface area contributed by atoms with E-state index in [1.54, 1.807) is 22.9 Å². The number of aromatic nitrogens is 2. The molecular weight excluding hydrogens is 547 g/mol. The molecule has 3 aromatic rings. The lowest BCUT2D eigenvalue weighted by molar-refractivity contribution is -0.126. The highest BCUT2D eigenvalue weighted by molar-refractivity contribution is 7.92. The summed E-state index contributed by atoms with van der Waals surface area (Å²) in [7, 11) is -2.78. The zero-order valence-electron chi connectivity index (χ0n) is 21.9. The van der Waals surface area contributed by atoms with Crippen LogP contribution in [0.2, 0.25) is 0 Å². The molecule has 2 N–H and O–H groups in total. The molecule has 10 nitrogen and oxygen atoms in total. The molecule has 0 radical (unpaired) electrons. The summed E-state index contributed by atoms with van der Waals surface area (Å²) >= 11 is 0.889. The van der Waals surface area contributed by atoms with Crippen molar-refractivity contribution in [2.24, 2.45) is 5.92 Å². The van der Waals surface area contributed by atoms with Gasteiger partial charge in [-0.15, -0.1) is 11.3 Å². The number of rotatable bonds is 12. The number of hydrogen-bond donors (Lipinski definition) is 2. The summed E-state index contributed by atoms with van der Waals surface area (Å²) in [5.74, 6) is -2.26. The van der Waals surface area contributed by atoms with E-state index in [1.807, 2.05) is 13.8 Å². The van der Waals surface area contributed by atoms with Crippen LogP contribution in [-0.2, 0) is 30.7 Å². The van der Waals surface area contributed by atoms with Crippen LogP contribution in [0.1, 0.15) is 36.9 Å². The molecule has 1 aliphatic carbocycles. The van der Waals surface area contributed by atoms with E-state index < -0.39 is 38.5 Å². The highest BCUT2D eigenvalue weighted by Gasteiger charge is 2.37.